The van der Waals surface area contributed by atoms with Crippen LogP contribution in [0.1, 0.15) is 34.2 Å². The third-order valence-electron chi connectivity index (χ3n) is 6.41. The molecule has 0 unspecified atom stereocenters. The number of hydrogen-bond acceptors (Lipinski definition) is 1. The largest absolute Gasteiger partial charge is 0.429 e. The van der Waals surface area contributed by atoms with Gasteiger partial charge in [-0.3, -0.25) is 0 Å². The molecule has 0 spiro atoms. The van der Waals surface area contributed by atoms with Crippen molar-refractivity contribution in [3.63, 3.8) is 0 Å². The molecule has 0 amide bonds. The first-order valence-corrected chi connectivity index (χ1v) is 12.2. The number of alkyl halides is 2. The van der Waals surface area contributed by atoms with Gasteiger partial charge in [0, 0.05) is 5.39 Å². The number of halogens is 5. The Bertz CT molecular complexity index is 1360. The smallest absolute Gasteiger partial charge is 0.387 e. The van der Waals surface area contributed by atoms with E-state index in [1.165, 1.54) is 11.1 Å². The summed E-state index contributed by atoms with van der Waals surface area (Å²) in [4.78, 5) is 0. The Kier molecular flexibility index (Phi) is 8.59. The lowest BCUT2D eigenvalue weighted by Gasteiger charge is -2.11. The monoisotopic (exact) mass is 510 g/mol. The van der Waals surface area contributed by atoms with Gasteiger partial charge in [-0.15, -0.1) is 6.58 Å². The molecule has 0 N–H and O–H groups in total. The van der Waals surface area contributed by atoms with Gasteiger partial charge in [-0.25, -0.2) is 13.2 Å². The molecule has 0 saturated carbocycles. The average molecular weight is 511 g/mol. The zero-order valence-electron chi connectivity index (χ0n) is 20.3. The third kappa shape index (κ3) is 6.76. The van der Waals surface area contributed by atoms with Crippen molar-refractivity contribution in [3.05, 3.63) is 125 Å². The molecule has 4 aromatic carbocycles. The van der Waals surface area contributed by atoms with Gasteiger partial charge in [0.2, 0.25) is 0 Å². The Morgan fingerprint density at radius 3 is 1.92 bits per heavy atom. The maximum atomic E-state index is 15.2. The van der Waals surface area contributed by atoms with Crippen LogP contribution in [0, 0.1) is 17.5 Å². The van der Waals surface area contributed by atoms with Gasteiger partial charge in [-0.2, -0.15) is 8.78 Å². The molecular weight excluding hydrogens is 483 g/mol. The van der Waals surface area contributed by atoms with Crippen LogP contribution in [0.25, 0.3) is 10.8 Å². The van der Waals surface area contributed by atoms with Crippen LogP contribution in [-0.4, -0.2) is 6.61 Å². The van der Waals surface area contributed by atoms with E-state index in [0.717, 1.165) is 48.8 Å². The molecule has 37 heavy (non-hydrogen) atoms. The summed E-state index contributed by atoms with van der Waals surface area (Å²) in [6, 6.07) is 19.6. The standard InChI is InChI=1S/C31H27F5O/c1-2-3-4-20-5-7-21(8-6-20)9-10-22-12-16-26-25(17-22)15-14-24(29(26)34)13-11-23-18-27(32)30(28(33)19-23)37-31(35)36/h2,5-8,12,14-19,31H,1,3-4,9-11,13H2. The SMILES string of the molecule is C=CCCc1ccc(CCc2ccc3c(F)c(CCc4cc(F)c(OC(F)F)c(F)c4)ccc3c2)cc1. The van der Waals surface area contributed by atoms with Crippen LogP contribution < -0.4 is 4.74 Å². The van der Waals surface area contributed by atoms with Crippen LogP contribution in [-0.2, 0) is 32.1 Å². The van der Waals surface area contributed by atoms with Crippen molar-refractivity contribution in [3.8, 4) is 5.75 Å². The van der Waals surface area contributed by atoms with Gasteiger partial charge in [0.25, 0.3) is 0 Å². The molecule has 0 radical (unpaired) electrons. The van der Waals surface area contributed by atoms with E-state index < -0.39 is 24.0 Å². The molecule has 6 heteroatoms. The summed E-state index contributed by atoms with van der Waals surface area (Å²) in [6.07, 6.45) is 5.89. The lowest BCUT2D eigenvalue weighted by atomic mass is 9.97. The van der Waals surface area contributed by atoms with Gasteiger partial charge in [-0.05, 0) is 83.9 Å². The molecule has 4 aromatic rings. The number of allylic oxidation sites excluding steroid dienone is 1. The first kappa shape index (κ1) is 26.4. The number of benzene rings is 4. The highest BCUT2D eigenvalue weighted by molar-refractivity contribution is 5.84. The number of fused-ring (bicyclic) bond motifs is 1. The van der Waals surface area contributed by atoms with E-state index >= 15 is 4.39 Å². The second-order valence-corrected chi connectivity index (χ2v) is 9.01. The molecule has 0 aliphatic rings. The summed E-state index contributed by atoms with van der Waals surface area (Å²) in [6.45, 7) is 0.421. The minimum absolute atomic E-state index is 0.135. The lowest BCUT2D eigenvalue weighted by molar-refractivity contribution is -0.0546. The van der Waals surface area contributed by atoms with E-state index in [-0.39, 0.29) is 24.2 Å². The zero-order chi connectivity index (χ0) is 26.4. The van der Waals surface area contributed by atoms with E-state index in [1.807, 2.05) is 24.3 Å². The van der Waals surface area contributed by atoms with E-state index in [9.17, 15) is 17.6 Å². The molecule has 0 aromatic heterocycles. The minimum atomic E-state index is -3.33. The second kappa shape index (κ2) is 12.0. The average Bonchev–Trinajstić information content (AvgIpc) is 2.88. The van der Waals surface area contributed by atoms with E-state index in [0.29, 0.717) is 10.9 Å². The first-order valence-electron chi connectivity index (χ1n) is 12.2. The Morgan fingerprint density at radius 2 is 1.27 bits per heavy atom. The second-order valence-electron chi connectivity index (χ2n) is 9.01. The van der Waals surface area contributed by atoms with Crippen molar-refractivity contribution in [1.29, 1.82) is 0 Å². The van der Waals surface area contributed by atoms with Gasteiger partial charge in [-0.1, -0.05) is 60.7 Å². The lowest BCUT2D eigenvalue weighted by Crippen LogP contribution is -2.06. The summed E-state index contributed by atoms with van der Waals surface area (Å²) in [5.41, 5.74) is 4.26. The van der Waals surface area contributed by atoms with Crippen LogP contribution in [0.2, 0.25) is 0 Å². The van der Waals surface area contributed by atoms with Crippen molar-refractivity contribution < 1.29 is 26.7 Å². The first-order chi connectivity index (χ1) is 17.8. The van der Waals surface area contributed by atoms with Crippen molar-refractivity contribution >= 4 is 10.8 Å². The van der Waals surface area contributed by atoms with Crippen LogP contribution >= 0.6 is 0 Å². The van der Waals surface area contributed by atoms with Crippen LogP contribution in [0.15, 0.2) is 79.4 Å². The van der Waals surface area contributed by atoms with Crippen LogP contribution in [0.3, 0.4) is 0 Å². The quantitative estimate of drug-likeness (QED) is 0.145. The van der Waals surface area contributed by atoms with Gasteiger partial charge < -0.3 is 4.74 Å². The molecule has 0 atom stereocenters. The summed E-state index contributed by atoms with van der Waals surface area (Å²) in [7, 11) is 0. The third-order valence-corrected chi connectivity index (χ3v) is 6.41. The van der Waals surface area contributed by atoms with Crippen LogP contribution in [0.5, 0.6) is 5.75 Å². The fraction of sp³-hybridized carbons (Fsp3) is 0.226. The molecule has 0 bridgehead atoms. The molecular formula is C31H27F5O. The highest BCUT2D eigenvalue weighted by atomic mass is 19.3. The van der Waals surface area contributed by atoms with Crippen molar-refractivity contribution in [2.45, 2.75) is 45.1 Å². The highest BCUT2D eigenvalue weighted by Crippen LogP contribution is 2.27. The Labute approximate surface area is 213 Å². The van der Waals surface area contributed by atoms with Crippen molar-refractivity contribution in [1.82, 2.24) is 0 Å². The minimum Gasteiger partial charge on any atom is -0.429 e. The Balaban J connectivity index is 1.41. The highest BCUT2D eigenvalue weighted by Gasteiger charge is 2.17. The number of rotatable bonds is 11. The molecule has 1 nitrogen and oxygen atoms in total. The molecule has 0 aliphatic heterocycles. The summed E-state index contributed by atoms with van der Waals surface area (Å²) in [5, 5.41) is 1.26. The summed E-state index contributed by atoms with van der Waals surface area (Å²) < 4.78 is 71.7. The number of ether oxygens (including phenoxy) is 1. The van der Waals surface area contributed by atoms with Crippen molar-refractivity contribution in [2.75, 3.05) is 0 Å². The van der Waals surface area contributed by atoms with Crippen molar-refractivity contribution in [2.24, 2.45) is 0 Å². The summed E-state index contributed by atoms with van der Waals surface area (Å²) in [5.74, 6) is -3.93. The number of hydrogen-bond donors (Lipinski definition) is 0. The topological polar surface area (TPSA) is 9.23 Å². The molecule has 0 heterocycles. The normalized spacial score (nSPS) is 11.3. The fourth-order valence-electron chi connectivity index (χ4n) is 4.40. The van der Waals surface area contributed by atoms with Gasteiger partial charge in [0.05, 0.1) is 0 Å². The molecule has 4 rings (SSSR count). The predicted octanol–water partition coefficient (Wildman–Crippen LogP) is 8.55. The maximum Gasteiger partial charge on any atom is 0.387 e. The fourth-order valence-corrected chi connectivity index (χ4v) is 4.40. The molecule has 192 valence electrons. The van der Waals surface area contributed by atoms with Gasteiger partial charge in [0.1, 0.15) is 5.82 Å². The van der Waals surface area contributed by atoms with E-state index in [2.05, 4.69) is 35.6 Å². The number of aryl methyl sites for hydroxylation is 5. The van der Waals surface area contributed by atoms with E-state index in [4.69, 9.17) is 0 Å². The Hall–Kier alpha value is -3.67. The molecule has 0 aliphatic carbocycles. The Morgan fingerprint density at radius 1 is 0.676 bits per heavy atom. The predicted molar refractivity (Wildman–Crippen MR) is 137 cm³/mol. The molecule has 0 saturated heterocycles. The van der Waals surface area contributed by atoms with Gasteiger partial charge >= 0.3 is 6.61 Å². The molecule has 0 fully saturated rings. The summed E-state index contributed by atoms with van der Waals surface area (Å²) >= 11 is 0. The van der Waals surface area contributed by atoms with E-state index in [1.54, 1.807) is 12.1 Å². The van der Waals surface area contributed by atoms with Crippen LogP contribution in [0.4, 0.5) is 22.0 Å². The van der Waals surface area contributed by atoms with Gasteiger partial charge in [0.15, 0.2) is 17.4 Å². The maximum absolute atomic E-state index is 15.2. The zero-order valence-corrected chi connectivity index (χ0v) is 20.3.